The molecule has 0 amide bonds. The van der Waals surface area contributed by atoms with Crippen LogP contribution in [-0.2, 0) is 9.53 Å². The molecule has 0 fully saturated rings. The molecule has 0 spiro atoms. The molecule has 1 aromatic heterocycles. The lowest BCUT2D eigenvalue weighted by molar-refractivity contribution is -0.139. The first-order chi connectivity index (χ1) is 14.9. The van der Waals surface area contributed by atoms with Crippen molar-refractivity contribution >= 4 is 35.0 Å². The number of rotatable bonds is 4. The van der Waals surface area contributed by atoms with Gasteiger partial charge in [0.15, 0.2) is 4.80 Å². The summed E-state index contributed by atoms with van der Waals surface area (Å²) in [6.07, 6.45) is 1.58. The zero-order valence-corrected chi connectivity index (χ0v) is 18.4. The molecule has 31 heavy (non-hydrogen) atoms. The monoisotopic (exact) mass is 454 g/mol. The second-order valence-electron chi connectivity index (χ2n) is 6.92. The van der Waals surface area contributed by atoms with Crippen LogP contribution in [0.3, 0.4) is 0 Å². The average Bonchev–Trinajstić information content (AvgIpc) is 3.05. The molecule has 1 unspecified atom stereocenters. The summed E-state index contributed by atoms with van der Waals surface area (Å²) in [6.45, 7) is 3.69. The van der Waals surface area contributed by atoms with Crippen molar-refractivity contribution in [2.45, 2.75) is 19.9 Å². The lowest BCUT2D eigenvalue weighted by atomic mass is 9.96. The number of phenolic OH excluding ortho intramolecular Hbond substituents is 1. The highest BCUT2D eigenvalue weighted by Crippen LogP contribution is 2.30. The lowest BCUT2D eigenvalue weighted by Crippen LogP contribution is -2.39. The van der Waals surface area contributed by atoms with E-state index in [0.717, 1.165) is 5.56 Å². The Morgan fingerprint density at radius 2 is 2.03 bits per heavy atom. The summed E-state index contributed by atoms with van der Waals surface area (Å²) in [5.41, 5.74) is 1.73. The van der Waals surface area contributed by atoms with Gasteiger partial charge >= 0.3 is 5.97 Å². The molecule has 1 N–H and O–H groups in total. The highest BCUT2D eigenvalue weighted by molar-refractivity contribution is 7.07. The summed E-state index contributed by atoms with van der Waals surface area (Å²) in [6, 6.07) is 13.3. The first-order valence-corrected chi connectivity index (χ1v) is 10.8. The lowest BCUT2D eigenvalue weighted by Gasteiger charge is -2.24. The third-order valence-electron chi connectivity index (χ3n) is 4.91. The first kappa shape index (κ1) is 21.1. The Balaban J connectivity index is 1.97. The number of thiazole rings is 1. The van der Waals surface area contributed by atoms with Crippen molar-refractivity contribution in [3.8, 4) is 5.75 Å². The van der Waals surface area contributed by atoms with Crippen LogP contribution in [-0.4, -0.2) is 22.2 Å². The minimum absolute atomic E-state index is 0.0123. The SMILES string of the molecule is CCOC(=O)C1=C(C)N=c2s/c(=C/c3cc(Cl)ccc3O)c(=O)n2C1c1ccccc1. The van der Waals surface area contributed by atoms with Crippen LogP contribution in [0.25, 0.3) is 6.08 Å². The zero-order chi connectivity index (χ0) is 22.1. The predicted octanol–water partition coefficient (Wildman–Crippen LogP) is 3.16. The molecule has 0 radical (unpaired) electrons. The Hall–Kier alpha value is -3.16. The zero-order valence-electron chi connectivity index (χ0n) is 16.8. The topological polar surface area (TPSA) is 80.9 Å². The molecule has 0 saturated carbocycles. The van der Waals surface area contributed by atoms with E-state index in [0.29, 0.717) is 31.2 Å². The molecule has 0 aliphatic carbocycles. The van der Waals surface area contributed by atoms with E-state index in [-0.39, 0.29) is 17.9 Å². The smallest absolute Gasteiger partial charge is 0.338 e. The molecule has 4 rings (SSSR count). The quantitative estimate of drug-likeness (QED) is 0.614. The Morgan fingerprint density at radius 1 is 1.29 bits per heavy atom. The van der Waals surface area contributed by atoms with Crippen LogP contribution in [0.5, 0.6) is 5.75 Å². The Morgan fingerprint density at radius 3 is 2.74 bits per heavy atom. The Bertz CT molecular complexity index is 1370. The van der Waals surface area contributed by atoms with Gasteiger partial charge in [0.05, 0.1) is 28.5 Å². The fourth-order valence-corrected chi connectivity index (χ4v) is 4.74. The number of benzene rings is 2. The molecule has 6 nitrogen and oxygen atoms in total. The first-order valence-electron chi connectivity index (χ1n) is 9.64. The van der Waals surface area contributed by atoms with E-state index >= 15 is 0 Å². The number of aromatic hydroxyl groups is 1. The minimum Gasteiger partial charge on any atom is -0.507 e. The van der Waals surface area contributed by atoms with Crippen molar-refractivity contribution in [2.24, 2.45) is 4.99 Å². The van der Waals surface area contributed by atoms with Crippen molar-refractivity contribution in [1.82, 2.24) is 4.57 Å². The van der Waals surface area contributed by atoms with Crippen molar-refractivity contribution in [2.75, 3.05) is 6.61 Å². The fraction of sp³-hybridized carbons (Fsp3) is 0.174. The molecule has 2 aromatic carbocycles. The maximum Gasteiger partial charge on any atom is 0.338 e. The van der Waals surface area contributed by atoms with E-state index in [1.54, 1.807) is 32.1 Å². The summed E-state index contributed by atoms with van der Waals surface area (Å²) in [4.78, 5) is 31.2. The molecule has 1 atom stereocenters. The van der Waals surface area contributed by atoms with Crippen LogP contribution in [0.1, 0.15) is 31.0 Å². The predicted molar refractivity (Wildman–Crippen MR) is 120 cm³/mol. The number of fused-ring (bicyclic) bond motifs is 1. The number of esters is 1. The van der Waals surface area contributed by atoms with E-state index in [2.05, 4.69) is 4.99 Å². The van der Waals surface area contributed by atoms with Gasteiger partial charge in [-0.05, 0) is 43.7 Å². The molecule has 0 saturated heterocycles. The van der Waals surface area contributed by atoms with Crippen molar-refractivity contribution in [3.63, 3.8) is 0 Å². The van der Waals surface area contributed by atoms with Gasteiger partial charge in [0.25, 0.3) is 5.56 Å². The normalized spacial score (nSPS) is 16.1. The van der Waals surface area contributed by atoms with E-state index < -0.39 is 12.0 Å². The van der Waals surface area contributed by atoms with E-state index in [1.807, 2.05) is 30.3 Å². The Kier molecular flexibility index (Phi) is 5.80. The van der Waals surface area contributed by atoms with Gasteiger partial charge in [0, 0.05) is 10.6 Å². The molecule has 8 heteroatoms. The molecule has 158 valence electrons. The summed E-state index contributed by atoms with van der Waals surface area (Å²) < 4.78 is 7.14. The highest BCUT2D eigenvalue weighted by Gasteiger charge is 2.33. The van der Waals surface area contributed by atoms with Gasteiger partial charge in [0.2, 0.25) is 0 Å². The number of hydrogen-bond acceptors (Lipinski definition) is 6. The van der Waals surface area contributed by atoms with Gasteiger partial charge in [-0.15, -0.1) is 0 Å². The highest BCUT2D eigenvalue weighted by atomic mass is 35.5. The summed E-state index contributed by atoms with van der Waals surface area (Å²) in [5, 5.41) is 10.6. The number of halogens is 1. The second kappa shape index (κ2) is 8.53. The number of carbonyl (C=O) groups is 1. The largest absolute Gasteiger partial charge is 0.507 e. The van der Waals surface area contributed by atoms with Gasteiger partial charge in [-0.3, -0.25) is 9.36 Å². The molecule has 1 aliphatic rings. The maximum absolute atomic E-state index is 13.4. The number of nitrogens with zero attached hydrogens (tertiary/aromatic N) is 2. The van der Waals surface area contributed by atoms with Crippen molar-refractivity contribution in [3.05, 3.63) is 95.6 Å². The second-order valence-corrected chi connectivity index (χ2v) is 8.36. The number of phenols is 1. The van der Waals surface area contributed by atoms with Crippen LogP contribution < -0.4 is 14.9 Å². The van der Waals surface area contributed by atoms with Crippen LogP contribution in [0.2, 0.25) is 5.02 Å². The maximum atomic E-state index is 13.4. The van der Waals surface area contributed by atoms with Gasteiger partial charge in [-0.25, -0.2) is 9.79 Å². The summed E-state index contributed by atoms with van der Waals surface area (Å²) >= 11 is 7.23. The van der Waals surface area contributed by atoms with E-state index in [1.165, 1.54) is 22.0 Å². The molecule has 1 aliphatic heterocycles. The third-order valence-corrected chi connectivity index (χ3v) is 6.13. The fourth-order valence-electron chi connectivity index (χ4n) is 3.52. The van der Waals surface area contributed by atoms with Gasteiger partial charge < -0.3 is 9.84 Å². The molecule has 0 bridgehead atoms. The molecule has 2 heterocycles. The number of ether oxygens (including phenoxy) is 1. The third kappa shape index (κ3) is 3.94. The van der Waals surface area contributed by atoms with Gasteiger partial charge in [-0.1, -0.05) is 53.3 Å². The number of hydrogen-bond donors (Lipinski definition) is 1. The Labute approximate surface area is 187 Å². The standard InChI is InChI=1S/C23H19ClN2O4S/c1-3-30-22(29)19-13(2)25-23-26(20(19)14-7-5-4-6-8-14)21(28)18(31-23)12-15-11-16(24)9-10-17(15)27/h4-12,20,27H,3H2,1-2H3/b18-12+. The average molecular weight is 455 g/mol. The van der Waals surface area contributed by atoms with Crippen molar-refractivity contribution < 1.29 is 14.6 Å². The number of allylic oxidation sites excluding steroid dienone is 1. The van der Waals surface area contributed by atoms with Crippen LogP contribution in [0.15, 0.2) is 69.6 Å². The van der Waals surface area contributed by atoms with Crippen molar-refractivity contribution in [1.29, 1.82) is 0 Å². The minimum atomic E-state index is -0.661. The number of carbonyl (C=O) groups excluding carboxylic acids is 1. The van der Waals surface area contributed by atoms with Crippen LogP contribution >= 0.6 is 22.9 Å². The summed E-state index contributed by atoms with van der Waals surface area (Å²) in [5.74, 6) is -0.488. The van der Waals surface area contributed by atoms with Gasteiger partial charge in [0.1, 0.15) is 5.75 Å². The number of aromatic nitrogens is 1. The van der Waals surface area contributed by atoms with E-state index in [9.17, 15) is 14.7 Å². The molecular weight excluding hydrogens is 436 g/mol. The van der Waals surface area contributed by atoms with Crippen LogP contribution in [0.4, 0.5) is 0 Å². The molecule has 3 aromatic rings. The summed E-state index contributed by atoms with van der Waals surface area (Å²) in [7, 11) is 0. The van der Waals surface area contributed by atoms with Gasteiger partial charge in [-0.2, -0.15) is 0 Å². The van der Waals surface area contributed by atoms with Crippen LogP contribution in [0, 0.1) is 0 Å². The van der Waals surface area contributed by atoms with E-state index in [4.69, 9.17) is 16.3 Å². The molecular formula is C23H19ClN2O4S.